The number of alkyl halides is 3. The number of urea groups is 1. The summed E-state index contributed by atoms with van der Waals surface area (Å²) in [7, 11) is 0. The number of nitrogens with one attached hydrogen (secondary N) is 1. The zero-order valence-corrected chi connectivity index (χ0v) is 14.1. The van der Waals surface area contributed by atoms with Gasteiger partial charge in [-0.3, -0.25) is 0 Å². The number of rotatable bonds is 1. The Labute approximate surface area is 139 Å². The maximum absolute atomic E-state index is 13.1. The van der Waals surface area contributed by atoms with Crippen LogP contribution in [0.5, 0.6) is 0 Å². The fourth-order valence-corrected chi connectivity index (χ4v) is 3.36. The van der Waals surface area contributed by atoms with Gasteiger partial charge in [-0.25, -0.2) is 4.79 Å². The third-order valence-corrected chi connectivity index (χ3v) is 4.41. The smallest absolute Gasteiger partial charge is 0.322 e. The lowest BCUT2D eigenvalue weighted by Gasteiger charge is -2.33. The SMILES string of the molecule is CC1CCCCN1C(=O)Nc1c(Cl)cc(Br)cc1C(F)(F)F. The molecule has 1 aliphatic rings. The van der Waals surface area contributed by atoms with Crippen LogP contribution in [-0.2, 0) is 6.18 Å². The van der Waals surface area contributed by atoms with Crippen LogP contribution in [0.4, 0.5) is 23.7 Å². The quantitative estimate of drug-likeness (QED) is 0.662. The van der Waals surface area contributed by atoms with Crippen LogP contribution in [0, 0.1) is 0 Å². The van der Waals surface area contributed by atoms with Gasteiger partial charge in [-0.1, -0.05) is 27.5 Å². The van der Waals surface area contributed by atoms with Crippen molar-refractivity contribution in [2.45, 2.75) is 38.4 Å². The average Bonchev–Trinajstić information content (AvgIpc) is 2.40. The second kappa shape index (κ2) is 6.66. The van der Waals surface area contributed by atoms with E-state index in [4.69, 9.17) is 11.6 Å². The van der Waals surface area contributed by atoms with E-state index >= 15 is 0 Å². The van der Waals surface area contributed by atoms with E-state index in [9.17, 15) is 18.0 Å². The topological polar surface area (TPSA) is 32.3 Å². The Kier molecular flexibility index (Phi) is 5.27. The van der Waals surface area contributed by atoms with Gasteiger partial charge in [0.1, 0.15) is 0 Å². The summed E-state index contributed by atoms with van der Waals surface area (Å²) in [5.74, 6) is 0. The summed E-state index contributed by atoms with van der Waals surface area (Å²) in [6.07, 6.45) is -1.91. The predicted octanol–water partition coefficient (Wildman–Crippen LogP) is 5.53. The van der Waals surface area contributed by atoms with Crippen molar-refractivity contribution in [3.63, 3.8) is 0 Å². The Balaban J connectivity index is 2.30. The normalized spacial score (nSPS) is 19.2. The minimum Gasteiger partial charge on any atom is -0.322 e. The number of carbonyl (C=O) groups is 1. The molecule has 1 aromatic rings. The van der Waals surface area contributed by atoms with Gasteiger partial charge in [0.2, 0.25) is 0 Å². The first-order valence-corrected chi connectivity index (χ1v) is 8.01. The third kappa shape index (κ3) is 3.87. The van der Waals surface area contributed by atoms with Gasteiger partial charge in [0.15, 0.2) is 0 Å². The van der Waals surface area contributed by atoms with E-state index in [2.05, 4.69) is 21.2 Å². The molecule has 0 saturated carbocycles. The van der Waals surface area contributed by atoms with Crippen LogP contribution in [-0.4, -0.2) is 23.5 Å². The van der Waals surface area contributed by atoms with Crippen molar-refractivity contribution >= 4 is 39.2 Å². The summed E-state index contributed by atoms with van der Waals surface area (Å²) in [5, 5.41) is 2.17. The molecule has 0 bridgehead atoms. The number of benzene rings is 1. The molecule has 1 fully saturated rings. The van der Waals surface area contributed by atoms with E-state index in [1.54, 1.807) is 4.90 Å². The van der Waals surface area contributed by atoms with Gasteiger partial charge in [-0.05, 0) is 38.3 Å². The average molecular weight is 400 g/mol. The molecule has 1 saturated heterocycles. The number of anilines is 1. The molecule has 0 spiro atoms. The van der Waals surface area contributed by atoms with E-state index in [-0.39, 0.29) is 15.5 Å². The van der Waals surface area contributed by atoms with Crippen molar-refractivity contribution in [1.82, 2.24) is 4.90 Å². The molecule has 1 aromatic carbocycles. The molecular formula is C14H15BrClF3N2O. The maximum atomic E-state index is 13.1. The van der Waals surface area contributed by atoms with Gasteiger partial charge >= 0.3 is 12.2 Å². The summed E-state index contributed by atoms with van der Waals surface area (Å²) < 4.78 is 39.6. The largest absolute Gasteiger partial charge is 0.418 e. The van der Waals surface area contributed by atoms with Crippen LogP contribution < -0.4 is 5.32 Å². The number of amides is 2. The molecule has 3 nitrogen and oxygen atoms in total. The van der Waals surface area contributed by atoms with Gasteiger partial charge in [0, 0.05) is 17.1 Å². The first-order valence-electron chi connectivity index (χ1n) is 6.84. The molecule has 0 aliphatic carbocycles. The Morgan fingerprint density at radius 2 is 2.09 bits per heavy atom. The Bertz CT molecular complexity index is 580. The predicted molar refractivity (Wildman–Crippen MR) is 83.2 cm³/mol. The van der Waals surface area contributed by atoms with Crippen molar-refractivity contribution in [3.8, 4) is 0 Å². The van der Waals surface area contributed by atoms with Gasteiger partial charge in [0.05, 0.1) is 16.3 Å². The lowest BCUT2D eigenvalue weighted by atomic mass is 10.0. The van der Waals surface area contributed by atoms with Gasteiger partial charge in [0.25, 0.3) is 0 Å². The van der Waals surface area contributed by atoms with E-state index in [0.717, 1.165) is 25.3 Å². The number of carbonyl (C=O) groups excluding carboxylic acids is 1. The molecular weight excluding hydrogens is 385 g/mol. The van der Waals surface area contributed by atoms with Gasteiger partial charge in [-0.2, -0.15) is 13.2 Å². The zero-order valence-electron chi connectivity index (χ0n) is 11.8. The molecule has 8 heteroatoms. The molecule has 1 aliphatic heterocycles. The van der Waals surface area contributed by atoms with Crippen molar-refractivity contribution in [3.05, 3.63) is 27.2 Å². The molecule has 1 atom stereocenters. The summed E-state index contributed by atoms with van der Waals surface area (Å²) in [6, 6.07) is 1.67. The molecule has 1 N–H and O–H groups in total. The van der Waals surface area contributed by atoms with E-state index in [1.165, 1.54) is 6.07 Å². The van der Waals surface area contributed by atoms with E-state index in [1.807, 2.05) is 6.92 Å². The van der Waals surface area contributed by atoms with Crippen molar-refractivity contribution < 1.29 is 18.0 Å². The van der Waals surface area contributed by atoms with Crippen molar-refractivity contribution in [1.29, 1.82) is 0 Å². The van der Waals surface area contributed by atoms with Gasteiger partial charge in [-0.15, -0.1) is 0 Å². The Hall–Kier alpha value is -0.950. The highest BCUT2D eigenvalue weighted by atomic mass is 79.9. The number of piperidine rings is 1. The van der Waals surface area contributed by atoms with Crippen LogP contribution in [0.3, 0.4) is 0 Å². The highest BCUT2D eigenvalue weighted by Crippen LogP contribution is 2.41. The van der Waals surface area contributed by atoms with Crippen molar-refractivity contribution in [2.24, 2.45) is 0 Å². The molecule has 0 radical (unpaired) electrons. The van der Waals surface area contributed by atoms with Gasteiger partial charge < -0.3 is 10.2 Å². The Morgan fingerprint density at radius 1 is 1.41 bits per heavy atom. The zero-order chi connectivity index (χ0) is 16.5. The number of hydrogen-bond acceptors (Lipinski definition) is 1. The highest BCUT2D eigenvalue weighted by molar-refractivity contribution is 9.10. The maximum Gasteiger partial charge on any atom is 0.418 e. The third-order valence-electron chi connectivity index (χ3n) is 3.66. The molecule has 0 aromatic heterocycles. The van der Waals surface area contributed by atoms with Crippen LogP contribution in [0.1, 0.15) is 31.7 Å². The van der Waals surface area contributed by atoms with Crippen LogP contribution in [0.25, 0.3) is 0 Å². The highest BCUT2D eigenvalue weighted by Gasteiger charge is 2.36. The monoisotopic (exact) mass is 398 g/mol. The lowest BCUT2D eigenvalue weighted by Crippen LogP contribution is -2.44. The molecule has 22 heavy (non-hydrogen) atoms. The Morgan fingerprint density at radius 3 is 2.68 bits per heavy atom. The van der Waals surface area contributed by atoms with Crippen LogP contribution in [0.15, 0.2) is 16.6 Å². The number of likely N-dealkylation sites (tertiary alicyclic amines) is 1. The van der Waals surface area contributed by atoms with Crippen molar-refractivity contribution in [2.75, 3.05) is 11.9 Å². The second-order valence-corrected chi connectivity index (χ2v) is 6.60. The van der Waals surface area contributed by atoms with Crippen LogP contribution in [0.2, 0.25) is 5.02 Å². The lowest BCUT2D eigenvalue weighted by molar-refractivity contribution is -0.137. The summed E-state index contributed by atoms with van der Waals surface area (Å²) in [6.45, 7) is 2.41. The van der Waals surface area contributed by atoms with E-state index < -0.39 is 23.5 Å². The van der Waals surface area contributed by atoms with E-state index in [0.29, 0.717) is 6.54 Å². The minimum absolute atomic E-state index is 0.00249. The molecule has 2 rings (SSSR count). The molecule has 2 amide bonds. The first kappa shape index (κ1) is 17.4. The number of halogens is 5. The summed E-state index contributed by atoms with van der Waals surface area (Å²) in [5.41, 5.74) is -1.37. The van der Waals surface area contributed by atoms with Crippen LogP contribution >= 0.6 is 27.5 Å². The number of nitrogens with zero attached hydrogens (tertiary/aromatic N) is 1. The number of hydrogen-bond donors (Lipinski definition) is 1. The molecule has 1 heterocycles. The fraction of sp³-hybridized carbons (Fsp3) is 0.500. The minimum atomic E-state index is -4.61. The fourth-order valence-electron chi connectivity index (χ4n) is 2.50. The first-order chi connectivity index (χ1) is 10.2. The molecule has 1 unspecified atom stereocenters. The summed E-state index contributed by atoms with van der Waals surface area (Å²) in [4.78, 5) is 13.8. The molecule has 122 valence electrons. The summed E-state index contributed by atoms with van der Waals surface area (Å²) >= 11 is 8.88. The second-order valence-electron chi connectivity index (χ2n) is 5.28. The standard InChI is InChI=1S/C14H15BrClF3N2O/c1-8-4-2-3-5-21(8)13(22)20-12-10(14(17,18)19)6-9(15)7-11(12)16/h6-8H,2-5H2,1H3,(H,20,22).